The summed E-state index contributed by atoms with van der Waals surface area (Å²) >= 11 is 0. The third-order valence-electron chi connectivity index (χ3n) is 4.26. The standard InChI is InChI=1S/C18H17N5O3/c1-26-14-6-3-2-5-12(14)16-15-13(21-18-19-11-20-23(16)18)7-9-22(17(15)25)8-4-10-24/h2-3,5-7,9,11,24H,4,8,10H2,1H3. The van der Waals surface area contributed by atoms with E-state index in [2.05, 4.69) is 15.1 Å². The van der Waals surface area contributed by atoms with E-state index in [9.17, 15) is 4.79 Å². The number of aryl methyl sites for hydroxylation is 1. The van der Waals surface area contributed by atoms with E-state index in [1.54, 1.807) is 28.5 Å². The molecule has 0 amide bonds. The molecule has 0 aliphatic carbocycles. The van der Waals surface area contributed by atoms with Crippen LogP contribution in [0.2, 0.25) is 0 Å². The molecule has 26 heavy (non-hydrogen) atoms. The minimum absolute atomic E-state index is 0.0181. The van der Waals surface area contributed by atoms with Crippen LogP contribution in [-0.4, -0.2) is 43.0 Å². The monoisotopic (exact) mass is 351 g/mol. The summed E-state index contributed by atoms with van der Waals surface area (Å²) in [6, 6.07) is 9.22. The first-order chi connectivity index (χ1) is 12.7. The number of aliphatic hydroxyl groups is 1. The quantitative estimate of drug-likeness (QED) is 0.585. The molecular formula is C18H17N5O3. The van der Waals surface area contributed by atoms with Gasteiger partial charge in [0.25, 0.3) is 11.3 Å². The topological polar surface area (TPSA) is 94.5 Å². The highest BCUT2D eigenvalue weighted by Gasteiger charge is 2.19. The molecule has 0 aliphatic rings. The molecule has 0 bridgehead atoms. The second-order valence-electron chi connectivity index (χ2n) is 5.78. The summed E-state index contributed by atoms with van der Waals surface area (Å²) in [5, 5.41) is 13.8. The summed E-state index contributed by atoms with van der Waals surface area (Å²) in [5.74, 6) is 1.04. The van der Waals surface area contributed by atoms with Gasteiger partial charge in [-0.25, -0.2) is 4.98 Å². The fraction of sp³-hybridized carbons (Fsp3) is 0.222. The first kappa shape index (κ1) is 16.2. The lowest BCUT2D eigenvalue weighted by atomic mass is 10.1. The number of hydrogen-bond donors (Lipinski definition) is 1. The Morgan fingerprint density at radius 1 is 1.23 bits per heavy atom. The molecule has 0 atom stereocenters. The van der Waals surface area contributed by atoms with Gasteiger partial charge in [0.05, 0.1) is 23.7 Å². The summed E-state index contributed by atoms with van der Waals surface area (Å²) in [6.45, 7) is 0.441. The van der Waals surface area contributed by atoms with Crippen LogP contribution in [0.25, 0.3) is 27.9 Å². The maximum absolute atomic E-state index is 13.1. The molecule has 0 saturated carbocycles. The molecule has 0 unspecified atom stereocenters. The molecular weight excluding hydrogens is 334 g/mol. The highest BCUT2D eigenvalue weighted by molar-refractivity contribution is 5.94. The molecule has 4 aromatic rings. The molecule has 3 heterocycles. The Morgan fingerprint density at radius 3 is 2.88 bits per heavy atom. The average molecular weight is 351 g/mol. The van der Waals surface area contributed by atoms with Crippen LogP contribution in [0, 0.1) is 0 Å². The van der Waals surface area contributed by atoms with Gasteiger partial charge in [-0.15, -0.1) is 0 Å². The van der Waals surface area contributed by atoms with Gasteiger partial charge in [-0.05, 0) is 24.6 Å². The van der Waals surface area contributed by atoms with Crippen LogP contribution < -0.4 is 10.3 Å². The Labute approximate surface area is 148 Å². The average Bonchev–Trinajstić information content (AvgIpc) is 3.14. The van der Waals surface area contributed by atoms with Crippen molar-refractivity contribution in [2.75, 3.05) is 13.7 Å². The Morgan fingerprint density at radius 2 is 2.08 bits per heavy atom. The third-order valence-corrected chi connectivity index (χ3v) is 4.26. The Bertz CT molecular complexity index is 1150. The molecule has 132 valence electrons. The maximum atomic E-state index is 13.1. The number of benzene rings is 1. The predicted octanol–water partition coefficient (Wildman–Crippen LogP) is 1.50. The number of ether oxygens (including phenoxy) is 1. The lowest BCUT2D eigenvalue weighted by Crippen LogP contribution is -2.22. The zero-order valence-corrected chi connectivity index (χ0v) is 14.2. The molecule has 8 heteroatoms. The molecule has 0 fully saturated rings. The van der Waals surface area contributed by atoms with Crippen molar-refractivity contribution in [3.8, 4) is 17.0 Å². The van der Waals surface area contributed by atoms with Gasteiger partial charge in [-0.1, -0.05) is 12.1 Å². The number of aromatic nitrogens is 5. The summed E-state index contributed by atoms with van der Waals surface area (Å²) in [5.41, 5.74) is 1.66. The Balaban J connectivity index is 2.13. The van der Waals surface area contributed by atoms with Crippen molar-refractivity contribution in [1.82, 2.24) is 24.1 Å². The number of methoxy groups -OCH3 is 1. The largest absolute Gasteiger partial charge is 0.496 e. The van der Waals surface area contributed by atoms with E-state index in [4.69, 9.17) is 9.84 Å². The number of aliphatic hydroxyl groups excluding tert-OH is 1. The van der Waals surface area contributed by atoms with Crippen LogP contribution in [0.3, 0.4) is 0 Å². The van der Waals surface area contributed by atoms with Crippen LogP contribution in [0.5, 0.6) is 5.75 Å². The van der Waals surface area contributed by atoms with E-state index in [0.717, 1.165) is 5.56 Å². The van der Waals surface area contributed by atoms with E-state index in [0.29, 0.717) is 41.1 Å². The first-order valence-corrected chi connectivity index (χ1v) is 8.21. The van der Waals surface area contributed by atoms with Crippen molar-refractivity contribution in [3.05, 3.63) is 53.2 Å². The SMILES string of the molecule is COc1ccccc1-c1c2c(=O)n(CCCO)ccc2nc2ncnn12. The van der Waals surface area contributed by atoms with Crippen molar-refractivity contribution < 1.29 is 9.84 Å². The normalized spacial score (nSPS) is 11.3. The summed E-state index contributed by atoms with van der Waals surface area (Å²) in [7, 11) is 1.58. The van der Waals surface area contributed by atoms with Crippen molar-refractivity contribution >= 4 is 16.7 Å². The number of fused-ring (bicyclic) bond motifs is 2. The number of para-hydroxylation sites is 1. The molecule has 4 rings (SSSR count). The molecule has 8 nitrogen and oxygen atoms in total. The summed E-state index contributed by atoms with van der Waals surface area (Å²) in [6.07, 6.45) is 3.59. The van der Waals surface area contributed by atoms with Gasteiger partial charge in [0.15, 0.2) is 0 Å². The molecule has 0 radical (unpaired) electrons. The van der Waals surface area contributed by atoms with Crippen molar-refractivity contribution in [3.63, 3.8) is 0 Å². The Kier molecular flexibility index (Phi) is 4.10. The maximum Gasteiger partial charge on any atom is 0.262 e. The number of hydrogen-bond acceptors (Lipinski definition) is 6. The first-order valence-electron chi connectivity index (χ1n) is 8.21. The van der Waals surface area contributed by atoms with Crippen LogP contribution in [0.4, 0.5) is 0 Å². The lowest BCUT2D eigenvalue weighted by Gasteiger charge is -2.13. The lowest BCUT2D eigenvalue weighted by molar-refractivity contribution is 0.279. The fourth-order valence-corrected chi connectivity index (χ4v) is 3.07. The Hall–Kier alpha value is -3.26. The third kappa shape index (κ3) is 2.51. The van der Waals surface area contributed by atoms with E-state index in [1.165, 1.54) is 6.33 Å². The van der Waals surface area contributed by atoms with Gasteiger partial charge in [-0.3, -0.25) is 4.79 Å². The second kappa shape index (κ2) is 6.57. The van der Waals surface area contributed by atoms with Gasteiger partial charge >= 0.3 is 0 Å². The van der Waals surface area contributed by atoms with Gasteiger partial charge in [-0.2, -0.15) is 14.6 Å². The zero-order valence-electron chi connectivity index (χ0n) is 14.2. The number of nitrogens with zero attached hydrogens (tertiary/aromatic N) is 5. The summed E-state index contributed by atoms with van der Waals surface area (Å²) < 4.78 is 8.61. The smallest absolute Gasteiger partial charge is 0.262 e. The zero-order chi connectivity index (χ0) is 18.1. The number of rotatable bonds is 5. The molecule has 1 aromatic carbocycles. The molecule has 1 N–H and O–H groups in total. The molecule has 0 aliphatic heterocycles. The molecule has 0 saturated heterocycles. The minimum atomic E-state index is -0.193. The van der Waals surface area contributed by atoms with Crippen molar-refractivity contribution in [2.24, 2.45) is 0 Å². The summed E-state index contributed by atoms with van der Waals surface area (Å²) in [4.78, 5) is 21.8. The molecule has 3 aromatic heterocycles. The number of pyridine rings is 1. The second-order valence-corrected chi connectivity index (χ2v) is 5.78. The minimum Gasteiger partial charge on any atom is -0.496 e. The van der Waals surface area contributed by atoms with Gasteiger partial charge in [0.1, 0.15) is 12.1 Å². The van der Waals surface area contributed by atoms with E-state index < -0.39 is 0 Å². The highest BCUT2D eigenvalue weighted by atomic mass is 16.5. The van der Waals surface area contributed by atoms with E-state index in [1.807, 2.05) is 24.3 Å². The molecule has 0 spiro atoms. The van der Waals surface area contributed by atoms with Gasteiger partial charge in [0.2, 0.25) is 0 Å². The van der Waals surface area contributed by atoms with E-state index in [-0.39, 0.29) is 12.2 Å². The van der Waals surface area contributed by atoms with Gasteiger partial charge in [0, 0.05) is 24.9 Å². The predicted molar refractivity (Wildman–Crippen MR) is 96.2 cm³/mol. The highest BCUT2D eigenvalue weighted by Crippen LogP contribution is 2.32. The van der Waals surface area contributed by atoms with Gasteiger partial charge < -0.3 is 14.4 Å². The van der Waals surface area contributed by atoms with E-state index >= 15 is 0 Å². The van der Waals surface area contributed by atoms with Crippen LogP contribution in [0.1, 0.15) is 6.42 Å². The fourth-order valence-electron chi connectivity index (χ4n) is 3.07. The van der Waals surface area contributed by atoms with Crippen LogP contribution >= 0.6 is 0 Å². The van der Waals surface area contributed by atoms with Crippen LogP contribution in [-0.2, 0) is 6.54 Å². The van der Waals surface area contributed by atoms with Crippen molar-refractivity contribution in [1.29, 1.82) is 0 Å². The van der Waals surface area contributed by atoms with Crippen molar-refractivity contribution in [2.45, 2.75) is 13.0 Å². The van der Waals surface area contributed by atoms with Crippen LogP contribution in [0.15, 0.2) is 47.7 Å².